The molecule has 3 unspecified atom stereocenters. The molecule has 21 heavy (non-hydrogen) atoms. The summed E-state index contributed by atoms with van der Waals surface area (Å²) in [6, 6.07) is -0.0665. The van der Waals surface area contributed by atoms with Gasteiger partial charge in [-0.25, -0.2) is 9.78 Å². The molecule has 0 spiro atoms. The molecule has 0 saturated carbocycles. The van der Waals surface area contributed by atoms with Crippen LogP contribution in [0.1, 0.15) is 49.9 Å². The highest BCUT2D eigenvalue weighted by molar-refractivity contribution is 7.09. The second-order valence-corrected chi connectivity index (χ2v) is 6.72. The van der Waals surface area contributed by atoms with Crippen LogP contribution in [0.2, 0.25) is 0 Å². The third-order valence-corrected chi connectivity index (χ3v) is 5.14. The van der Waals surface area contributed by atoms with E-state index in [0.717, 1.165) is 36.5 Å². The molecule has 1 saturated heterocycles. The van der Waals surface area contributed by atoms with E-state index in [1.807, 2.05) is 17.2 Å². The smallest absolute Gasteiger partial charge is 0.317 e. The first-order valence-corrected chi connectivity index (χ1v) is 8.54. The Morgan fingerprint density at radius 3 is 3.00 bits per heavy atom. The summed E-state index contributed by atoms with van der Waals surface area (Å²) in [5.41, 5.74) is 0.995. The van der Waals surface area contributed by atoms with Gasteiger partial charge in [-0.05, 0) is 33.1 Å². The van der Waals surface area contributed by atoms with E-state index in [0.29, 0.717) is 6.54 Å². The molecule has 1 aliphatic rings. The van der Waals surface area contributed by atoms with Crippen molar-refractivity contribution >= 4 is 17.4 Å². The van der Waals surface area contributed by atoms with E-state index in [2.05, 4.69) is 17.2 Å². The Bertz CT molecular complexity index is 475. The number of carbonyl (C=O) groups is 1. The fraction of sp³-hybridized carbons (Fsp3) is 0.733. The second kappa shape index (κ2) is 7.22. The molecule has 1 fully saturated rings. The quantitative estimate of drug-likeness (QED) is 0.898. The molecule has 6 heteroatoms. The van der Waals surface area contributed by atoms with Crippen LogP contribution in [0, 0.1) is 12.8 Å². The van der Waals surface area contributed by atoms with Crippen LogP contribution in [-0.2, 0) is 0 Å². The summed E-state index contributed by atoms with van der Waals surface area (Å²) in [7, 11) is 0. The number of urea groups is 1. The Kier molecular flexibility index (Phi) is 5.58. The van der Waals surface area contributed by atoms with Gasteiger partial charge in [0, 0.05) is 30.1 Å². The Morgan fingerprint density at radius 1 is 1.67 bits per heavy atom. The number of thiazole rings is 1. The number of amides is 2. The SMILES string of the molecule is CCC(NC(=O)N1CCCC(C(C)O)C1)c1nc(C)cs1. The van der Waals surface area contributed by atoms with Crippen molar-refractivity contribution in [2.24, 2.45) is 5.92 Å². The molecule has 2 amide bonds. The maximum absolute atomic E-state index is 12.4. The summed E-state index contributed by atoms with van der Waals surface area (Å²) < 4.78 is 0. The highest BCUT2D eigenvalue weighted by Gasteiger charge is 2.27. The van der Waals surface area contributed by atoms with Crippen molar-refractivity contribution in [2.75, 3.05) is 13.1 Å². The lowest BCUT2D eigenvalue weighted by Gasteiger charge is -2.34. The van der Waals surface area contributed by atoms with Crippen molar-refractivity contribution in [2.45, 2.75) is 52.2 Å². The fourth-order valence-electron chi connectivity index (χ4n) is 2.70. The molecule has 1 aromatic rings. The monoisotopic (exact) mass is 311 g/mol. The molecular formula is C15H25N3O2S. The summed E-state index contributed by atoms with van der Waals surface area (Å²) in [4.78, 5) is 18.7. The number of aliphatic hydroxyl groups excluding tert-OH is 1. The lowest BCUT2D eigenvalue weighted by atomic mass is 9.94. The largest absolute Gasteiger partial charge is 0.393 e. The van der Waals surface area contributed by atoms with Crippen LogP contribution >= 0.6 is 11.3 Å². The third kappa shape index (κ3) is 4.17. The minimum Gasteiger partial charge on any atom is -0.393 e. The van der Waals surface area contributed by atoms with Crippen LogP contribution in [0.15, 0.2) is 5.38 Å². The maximum Gasteiger partial charge on any atom is 0.317 e. The van der Waals surface area contributed by atoms with Crippen molar-refractivity contribution in [3.05, 3.63) is 16.1 Å². The van der Waals surface area contributed by atoms with Crippen LogP contribution in [-0.4, -0.2) is 40.2 Å². The van der Waals surface area contributed by atoms with E-state index >= 15 is 0 Å². The van der Waals surface area contributed by atoms with Gasteiger partial charge in [0.25, 0.3) is 0 Å². The number of aromatic nitrogens is 1. The first-order valence-electron chi connectivity index (χ1n) is 7.66. The second-order valence-electron chi connectivity index (χ2n) is 5.83. The van der Waals surface area contributed by atoms with E-state index in [-0.39, 0.29) is 24.1 Å². The van der Waals surface area contributed by atoms with Crippen LogP contribution in [0.5, 0.6) is 0 Å². The molecule has 0 aliphatic carbocycles. The van der Waals surface area contributed by atoms with Gasteiger partial charge in [-0.1, -0.05) is 6.92 Å². The Labute approximate surface area is 130 Å². The number of hydrogen-bond donors (Lipinski definition) is 2. The lowest BCUT2D eigenvalue weighted by Crippen LogP contribution is -2.48. The molecule has 3 atom stereocenters. The van der Waals surface area contributed by atoms with Crippen molar-refractivity contribution in [1.29, 1.82) is 0 Å². The molecule has 2 rings (SSSR count). The highest BCUT2D eigenvalue weighted by Crippen LogP contribution is 2.23. The first-order chi connectivity index (χ1) is 10.0. The number of likely N-dealkylation sites (tertiary alicyclic amines) is 1. The summed E-state index contributed by atoms with van der Waals surface area (Å²) >= 11 is 1.59. The number of nitrogens with zero attached hydrogens (tertiary/aromatic N) is 2. The highest BCUT2D eigenvalue weighted by atomic mass is 32.1. The molecular weight excluding hydrogens is 286 g/mol. The zero-order chi connectivity index (χ0) is 15.4. The number of hydrogen-bond acceptors (Lipinski definition) is 4. The van der Waals surface area contributed by atoms with Crippen molar-refractivity contribution < 1.29 is 9.90 Å². The molecule has 1 aromatic heterocycles. The predicted molar refractivity (Wildman–Crippen MR) is 84.4 cm³/mol. The number of nitrogens with one attached hydrogen (secondary N) is 1. The van der Waals surface area contributed by atoms with E-state index in [1.165, 1.54) is 0 Å². The van der Waals surface area contributed by atoms with Gasteiger partial charge in [-0.15, -0.1) is 11.3 Å². The molecule has 5 nitrogen and oxygen atoms in total. The van der Waals surface area contributed by atoms with Gasteiger partial charge in [0.2, 0.25) is 0 Å². The minimum absolute atomic E-state index is 0.0249. The van der Waals surface area contributed by atoms with Crippen molar-refractivity contribution in [1.82, 2.24) is 15.2 Å². The van der Waals surface area contributed by atoms with Gasteiger partial charge in [-0.3, -0.25) is 0 Å². The number of aliphatic hydroxyl groups is 1. The average molecular weight is 311 g/mol. The average Bonchev–Trinajstić information content (AvgIpc) is 2.91. The number of rotatable bonds is 4. The Balaban J connectivity index is 1.96. The standard InChI is InChI=1S/C15H25N3O2S/c1-4-13(14-16-10(2)9-21-14)17-15(20)18-7-5-6-12(8-18)11(3)19/h9,11-13,19H,4-8H2,1-3H3,(H,17,20). The minimum atomic E-state index is -0.357. The lowest BCUT2D eigenvalue weighted by molar-refractivity contribution is 0.0732. The molecule has 0 bridgehead atoms. The van der Waals surface area contributed by atoms with E-state index in [4.69, 9.17) is 0 Å². The predicted octanol–water partition coefficient (Wildman–Crippen LogP) is 2.71. The molecule has 2 heterocycles. The molecule has 1 aliphatic heterocycles. The van der Waals surface area contributed by atoms with E-state index in [1.54, 1.807) is 18.3 Å². The number of aryl methyl sites for hydroxylation is 1. The van der Waals surface area contributed by atoms with Gasteiger partial charge in [0.15, 0.2) is 0 Å². The maximum atomic E-state index is 12.4. The topological polar surface area (TPSA) is 65.5 Å². The summed E-state index contributed by atoms with van der Waals surface area (Å²) in [5.74, 6) is 0.187. The first kappa shape index (κ1) is 16.2. The van der Waals surface area contributed by atoms with Gasteiger partial charge in [0.1, 0.15) is 5.01 Å². The van der Waals surface area contributed by atoms with Crippen molar-refractivity contribution in [3.8, 4) is 0 Å². The fourth-order valence-corrected chi connectivity index (χ4v) is 3.63. The van der Waals surface area contributed by atoms with Crippen LogP contribution < -0.4 is 5.32 Å². The Morgan fingerprint density at radius 2 is 2.43 bits per heavy atom. The summed E-state index contributed by atoms with van der Waals surface area (Å²) in [6.07, 6.45) is 2.41. The molecule has 0 radical (unpaired) electrons. The molecule has 2 N–H and O–H groups in total. The van der Waals surface area contributed by atoms with E-state index < -0.39 is 0 Å². The van der Waals surface area contributed by atoms with Crippen LogP contribution in [0.4, 0.5) is 4.79 Å². The molecule has 0 aromatic carbocycles. The van der Waals surface area contributed by atoms with E-state index in [9.17, 15) is 9.90 Å². The number of carbonyl (C=O) groups excluding carboxylic acids is 1. The van der Waals surface area contributed by atoms with Gasteiger partial charge >= 0.3 is 6.03 Å². The summed E-state index contributed by atoms with van der Waals surface area (Å²) in [6.45, 7) is 7.22. The normalized spacial score (nSPS) is 21.9. The summed E-state index contributed by atoms with van der Waals surface area (Å²) in [5, 5.41) is 15.8. The zero-order valence-electron chi connectivity index (χ0n) is 13.0. The number of piperidine rings is 1. The molecule has 118 valence electrons. The van der Waals surface area contributed by atoms with Crippen LogP contribution in [0.3, 0.4) is 0 Å². The zero-order valence-corrected chi connectivity index (χ0v) is 13.8. The van der Waals surface area contributed by atoms with Crippen LogP contribution in [0.25, 0.3) is 0 Å². The van der Waals surface area contributed by atoms with Gasteiger partial charge in [-0.2, -0.15) is 0 Å². The van der Waals surface area contributed by atoms with Gasteiger partial charge < -0.3 is 15.3 Å². The Hall–Kier alpha value is -1.14. The third-order valence-electron chi connectivity index (χ3n) is 4.07. The van der Waals surface area contributed by atoms with Gasteiger partial charge in [0.05, 0.1) is 12.1 Å². The van der Waals surface area contributed by atoms with Crippen molar-refractivity contribution in [3.63, 3.8) is 0 Å².